The van der Waals surface area contributed by atoms with Crippen LogP contribution in [-0.4, -0.2) is 41.6 Å². The van der Waals surface area contributed by atoms with Gasteiger partial charge in [-0.25, -0.2) is 10.5 Å². The molecule has 7 N–H and O–H groups in total. The number of benzene rings is 6. The van der Waals surface area contributed by atoms with Crippen molar-refractivity contribution < 1.29 is 60.3 Å². The minimum atomic E-state index is -4.89. The zero-order chi connectivity index (χ0) is 37.2. The van der Waals surface area contributed by atoms with E-state index in [4.69, 9.17) is 16.2 Å². The smallest absolute Gasteiger partial charge is 0.297 e. The first-order chi connectivity index (χ1) is 24.8. The van der Waals surface area contributed by atoms with Crippen LogP contribution in [0.15, 0.2) is 125 Å². The number of hydrogen-bond acceptors (Lipinski definition) is 18. The number of rotatable bonds is 12. The second-order valence-corrected chi connectivity index (χ2v) is 14.8. The van der Waals surface area contributed by atoms with E-state index < -0.39 is 35.8 Å². The van der Waals surface area contributed by atoms with Crippen molar-refractivity contribution >= 4 is 105 Å². The molecule has 6 aromatic carbocycles. The van der Waals surface area contributed by atoms with Crippen LogP contribution in [0.1, 0.15) is 0 Å². The Morgan fingerprint density at radius 2 is 1.27 bits per heavy atom. The summed E-state index contributed by atoms with van der Waals surface area (Å²) in [7, 11) is -9.56. The lowest BCUT2D eigenvalue weighted by Gasteiger charge is -2.13. The van der Waals surface area contributed by atoms with Gasteiger partial charge in [0.2, 0.25) is 0 Å². The summed E-state index contributed by atoms with van der Waals surface area (Å²) in [5, 5.41) is 54.4. The predicted molar refractivity (Wildman–Crippen MR) is 187 cm³/mol. The molecule has 6 rings (SSSR count). The Morgan fingerprint density at radius 3 is 1.98 bits per heavy atom. The summed E-state index contributed by atoms with van der Waals surface area (Å²) < 4.78 is 76.9. The molecule has 0 saturated heterocycles. The van der Waals surface area contributed by atoms with E-state index in [9.17, 15) is 31.0 Å². The molecule has 0 radical (unpaired) electrons. The monoisotopic (exact) mass is 787 g/mol. The number of azo groups is 2. The summed E-state index contributed by atoms with van der Waals surface area (Å²) in [6, 6.07) is 20.7. The first kappa shape index (κ1) is 37.0. The number of anilines is 1. The lowest BCUT2D eigenvalue weighted by Crippen LogP contribution is -2.04. The summed E-state index contributed by atoms with van der Waals surface area (Å²) in [6.45, 7) is 0. The zero-order valence-corrected chi connectivity index (χ0v) is 28.9. The molecule has 0 spiro atoms. The molecule has 0 bridgehead atoms. The molecule has 0 amide bonds. The minimum absolute atomic E-state index is 0.0279. The predicted octanol–water partition coefficient (Wildman–Crippen LogP) is 8.61. The van der Waals surface area contributed by atoms with Gasteiger partial charge in [-0.1, -0.05) is 28.3 Å². The van der Waals surface area contributed by atoms with Crippen LogP contribution < -0.4 is 5.73 Å². The van der Waals surface area contributed by atoms with Crippen molar-refractivity contribution in [3.63, 3.8) is 0 Å². The van der Waals surface area contributed by atoms with E-state index in [1.807, 2.05) is 0 Å². The van der Waals surface area contributed by atoms with Gasteiger partial charge < -0.3 is 10.8 Å². The van der Waals surface area contributed by atoms with Crippen molar-refractivity contribution in [2.45, 2.75) is 19.6 Å². The Morgan fingerprint density at radius 1 is 0.615 bits per heavy atom. The summed E-state index contributed by atoms with van der Waals surface area (Å²) in [5.41, 5.74) is 5.92. The molecule has 0 fully saturated rings. The number of hydrogen-bond donors (Lipinski definition) is 6. The molecule has 22 heteroatoms. The third-order valence-corrected chi connectivity index (χ3v) is 10.4. The second kappa shape index (κ2) is 15.0. The SMILES string of the molecule is Nc1ccc2c(O)c(N=Nc3ccc(N=Nc4ccc5cc(SOOO)ccc5c4)c4ccc(S(=O)(=O)O)cc34)c(SOOO)cc2c1S(=O)(=O)O. The molecule has 268 valence electrons. The summed E-state index contributed by atoms with van der Waals surface area (Å²) >= 11 is 1.11. The van der Waals surface area contributed by atoms with E-state index in [-0.39, 0.29) is 43.8 Å². The van der Waals surface area contributed by atoms with Gasteiger partial charge in [-0.2, -0.15) is 21.9 Å². The molecule has 0 heterocycles. The van der Waals surface area contributed by atoms with E-state index in [1.165, 1.54) is 24.3 Å². The number of phenols is 1. The van der Waals surface area contributed by atoms with Gasteiger partial charge in [-0.05, 0) is 77.5 Å². The Labute approximate surface area is 300 Å². The van der Waals surface area contributed by atoms with Crippen LogP contribution in [-0.2, 0) is 39.0 Å². The van der Waals surface area contributed by atoms with E-state index in [1.54, 1.807) is 36.4 Å². The second-order valence-electron chi connectivity index (χ2n) is 10.5. The first-order valence-electron chi connectivity index (χ1n) is 14.0. The fourth-order valence-corrected chi connectivity index (χ4v) is 7.35. The average Bonchev–Trinajstić information content (AvgIpc) is 3.10. The van der Waals surface area contributed by atoms with E-state index in [0.717, 1.165) is 47.1 Å². The third-order valence-electron chi connectivity index (χ3n) is 7.35. The fourth-order valence-electron chi connectivity index (χ4n) is 5.14. The van der Waals surface area contributed by atoms with Crippen LogP contribution in [0.25, 0.3) is 32.3 Å². The molecule has 0 aliphatic rings. The standard InChI is InChI=1S/C30H21N5O13S4/c31-24-8-7-21-23(30(24)52(42,43)44)14-27(50-48-46-38)28(29(21)36)35-34-26-10-9-25(20-6-5-19(13-22(20)26)51(39,40)41)33-32-17-3-1-16-12-18(49-47-45-37)4-2-15(16)11-17/h1-14,36-38H,31H2,(H,39,40,41)(H,42,43,44). The highest BCUT2D eigenvalue weighted by molar-refractivity contribution is 7.95. The molecule has 0 atom stereocenters. The Hall–Kier alpha value is -4.82. The van der Waals surface area contributed by atoms with Gasteiger partial charge in [0.15, 0.2) is 5.75 Å². The van der Waals surface area contributed by atoms with Crippen LogP contribution in [0.3, 0.4) is 0 Å². The van der Waals surface area contributed by atoms with Gasteiger partial charge in [0.05, 0.1) is 56.6 Å². The molecule has 52 heavy (non-hydrogen) atoms. The number of phenolic OH excluding ortho intramolecular Hbond substituents is 1. The lowest BCUT2D eigenvalue weighted by molar-refractivity contribution is -0.432. The quantitative estimate of drug-likeness (QED) is 0.0169. The van der Waals surface area contributed by atoms with Crippen LogP contribution in [0.5, 0.6) is 5.75 Å². The first-order valence-corrected chi connectivity index (χ1v) is 18.4. The van der Waals surface area contributed by atoms with Crippen molar-refractivity contribution in [1.82, 2.24) is 0 Å². The number of fused-ring (bicyclic) bond motifs is 3. The summed E-state index contributed by atoms with van der Waals surface area (Å²) in [4.78, 5) is -0.675. The Kier molecular flexibility index (Phi) is 10.7. The van der Waals surface area contributed by atoms with E-state index in [0.29, 0.717) is 28.0 Å². The molecule has 0 aliphatic carbocycles. The van der Waals surface area contributed by atoms with Crippen LogP contribution in [0.4, 0.5) is 28.4 Å². The topological polar surface area (TPSA) is 282 Å². The van der Waals surface area contributed by atoms with Gasteiger partial charge in [0.1, 0.15) is 10.6 Å². The molecule has 6 aromatic rings. The maximum atomic E-state index is 12.1. The van der Waals surface area contributed by atoms with Crippen molar-refractivity contribution in [3.05, 3.63) is 84.9 Å². The maximum absolute atomic E-state index is 12.1. The van der Waals surface area contributed by atoms with Crippen LogP contribution in [0.2, 0.25) is 0 Å². The van der Waals surface area contributed by atoms with Crippen LogP contribution >= 0.6 is 24.1 Å². The molecular weight excluding hydrogens is 767 g/mol. The number of aromatic hydroxyl groups is 1. The lowest BCUT2D eigenvalue weighted by atomic mass is 10.1. The molecule has 18 nitrogen and oxygen atoms in total. The zero-order valence-electron chi connectivity index (χ0n) is 25.6. The average molecular weight is 788 g/mol. The highest BCUT2D eigenvalue weighted by Crippen LogP contribution is 2.47. The Bertz CT molecular complexity index is 2660. The normalized spacial score (nSPS) is 12.6. The summed E-state index contributed by atoms with van der Waals surface area (Å²) in [6.07, 6.45) is 0. The highest BCUT2D eigenvalue weighted by atomic mass is 32.2. The van der Waals surface area contributed by atoms with E-state index >= 15 is 0 Å². The van der Waals surface area contributed by atoms with Crippen molar-refractivity contribution in [2.24, 2.45) is 20.5 Å². The molecule has 0 aliphatic heterocycles. The fraction of sp³-hybridized carbons (Fsp3) is 0. The Balaban J connectivity index is 1.44. The third kappa shape index (κ3) is 7.82. The van der Waals surface area contributed by atoms with Gasteiger partial charge in [-0.15, -0.1) is 24.0 Å². The molecular formula is C30H21N5O13S4. The molecule has 0 unspecified atom stereocenters. The number of nitrogen functional groups attached to an aromatic ring is 1. The van der Waals surface area contributed by atoms with Crippen molar-refractivity contribution in [1.29, 1.82) is 0 Å². The molecule has 0 saturated carbocycles. The van der Waals surface area contributed by atoms with Crippen LogP contribution in [0, 0.1) is 0 Å². The van der Waals surface area contributed by atoms with Gasteiger partial charge in [-0.3, -0.25) is 9.11 Å². The number of nitrogens with zero attached hydrogens (tertiary/aromatic N) is 4. The van der Waals surface area contributed by atoms with E-state index in [2.05, 4.69) is 39.2 Å². The minimum Gasteiger partial charge on any atom is -0.505 e. The largest absolute Gasteiger partial charge is 0.505 e. The van der Waals surface area contributed by atoms with Gasteiger partial charge >= 0.3 is 0 Å². The van der Waals surface area contributed by atoms with Gasteiger partial charge in [0, 0.05) is 26.4 Å². The maximum Gasteiger partial charge on any atom is 0.297 e. The molecule has 0 aromatic heterocycles. The summed E-state index contributed by atoms with van der Waals surface area (Å²) in [5.74, 6) is -0.638. The van der Waals surface area contributed by atoms with Gasteiger partial charge in [0.25, 0.3) is 20.2 Å². The van der Waals surface area contributed by atoms with Crippen molar-refractivity contribution in [2.75, 3.05) is 5.73 Å². The highest BCUT2D eigenvalue weighted by Gasteiger charge is 2.24. The number of nitrogens with two attached hydrogens (primary N) is 1. The van der Waals surface area contributed by atoms with Crippen molar-refractivity contribution in [3.8, 4) is 5.75 Å².